The average molecular weight is 435 g/mol. The second-order valence-corrected chi connectivity index (χ2v) is 8.80. The Morgan fingerprint density at radius 1 is 0.926 bits per heavy atom. The Kier molecular flexibility index (Phi) is 15.2. The van der Waals surface area contributed by atoms with Crippen LogP contribution in [-0.2, 0) is 32.4 Å². The molecule has 0 aromatic rings. The summed E-state index contributed by atoms with van der Waals surface area (Å²) in [6.07, 6.45) is -2.92. The second kappa shape index (κ2) is 14.7. The van der Waals surface area contributed by atoms with Gasteiger partial charge in [0.15, 0.2) is 6.29 Å². The molecule has 2 amide bonds. The monoisotopic (exact) mass is 434 g/mol. The number of amides is 2. The predicted octanol–water partition coefficient (Wildman–Crippen LogP) is -1.22. The van der Waals surface area contributed by atoms with E-state index in [0.29, 0.717) is 15.3 Å². The number of nitrogens with zero attached hydrogens (tertiary/aromatic N) is 2. The maximum absolute atomic E-state index is 10.4. The largest absolute Gasteiger partial charge is 0.530 e. The van der Waals surface area contributed by atoms with Crippen LogP contribution in [0, 0.1) is 0 Å². The van der Waals surface area contributed by atoms with Crippen molar-refractivity contribution in [3.63, 3.8) is 0 Å². The van der Waals surface area contributed by atoms with E-state index in [4.69, 9.17) is 42.6 Å². The van der Waals surface area contributed by atoms with E-state index in [2.05, 4.69) is 0 Å². The van der Waals surface area contributed by atoms with Crippen LogP contribution >= 0.6 is 0 Å². The lowest BCUT2D eigenvalue weighted by molar-refractivity contribution is -0.218. The van der Waals surface area contributed by atoms with Crippen molar-refractivity contribution < 1.29 is 52.2 Å². The number of carboxylic acid groups (broad SMARTS) is 2. The summed E-state index contributed by atoms with van der Waals surface area (Å²) in [5.74, 6) is 0. The molecular formula is C12H30N2O11Si2. The quantitative estimate of drug-likeness (QED) is 0.229. The Morgan fingerprint density at radius 2 is 1.33 bits per heavy atom. The molecule has 0 saturated heterocycles. The molecular weight excluding hydrogens is 404 g/mol. The van der Waals surface area contributed by atoms with E-state index >= 15 is 0 Å². The average Bonchev–Trinajstić information content (AvgIpc) is 2.64. The van der Waals surface area contributed by atoms with Gasteiger partial charge in [0.05, 0.1) is 0 Å². The van der Waals surface area contributed by atoms with Gasteiger partial charge in [-0.2, -0.15) is 10.1 Å². The molecule has 162 valence electrons. The Balaban J connectivity index is 0. The summed E-state index contributed by atoms with van der Waals surface area (Å²) in [5.41, 5.74) is -0.351. The molecule has 1 atom stereocenters. The number of methoxy groups -OCH3 is 2. The third kappa shape index (κ3) is 11.2. The van der Waals surface area contributed by atoms with E-state index in [1.165, 1.54) is 49.6 Å². The normalized spacial score (nSPS) is 12.3. The lowest BCUT2D eigenvalue weighted by atomic mass is 10.7. The van der Waals surface area contributed by atoms with Crippen LogP contribution in [0.4, 0.5) is 9.59 Å². The van der Waals surface area contributed by atoms with Crippen LogP contribution in [0.25, 0.3) is 0 Å². The molecule has 15 heteroatoms. The fourth-order valence-corrected chi connectivity index (χ4v) is 3.55. The minimum Gasteiger partial charge on any atom is -0.463 e. The highest BCUT2D eigenvalue weighted by Crippen LogP contribution is 2.07. The fraction of sp³-hybridized carbons (Fsp3) is 0.833. The highest BCUT2D eigenvalue weighted by Gasteiger charge is 2.39. The first-order valence-electron chi connectivity index (χ1n) is 7.48. The van der Waals surface area contributed by atoms with E-state index in [1.807, 2.05) is 0 Å². The molecule has 0 radical (unpaired) electrons. The Bertz CT molecular complexity index is 416. The first-order chi connectivity index (χ1) is 12.5. The van der Waals surface area contributed by atoms with Gasteiger partial charge in [-0.15, -0.1) is 0 Å². The first kappa shape index (κ1) is 27.9. The zero-order valence-electron chi connectivity index (χ0n) is 16.8. The molecule has 0 aromatic carbocycles. The van der Waals surface area contributed by atoms with Crippen LogP contribution < -0.4 is 0 Å². The summed E-state index contributed by atoms with van der Waals surface area (Å²) in [6.45, 7) is 0. The number of carbonyl (C=O) groups is 2. The van der Waals surface area contributed by atoms with Crippen LogP contribution in [0.15, 0.2) is 0 Å². The number of hydrogen-bond donors (Lipinski definition) is 2. The third-order valence-electron chi connectivity index (χ3n) is 3.08. The Labute approximate surface area is 162 Å². The summed E-state index contributed by atoms with van der Waals surface area (Å²) in [7, 11) is 7.55. The van der Waals surface area contributed by atoms with Gasteiger partial charge in [-0.05, 0) is 0 Å². The van der Waals surface area contributed by atoms with Crippen LogP contribution in [0.3, 0.4) is 0 Å². The van der Waals surface area contributed by atoms with Crippen molar-refractivity contribution in [3.8, 4) is 0 Å². The van der Waals surface area contributed by atoms with E-state index in [1.54, 1.807) is 0 Å². The summed E-state index contributed by atoms with van der Waals surface area (Å²) < 4.78 is 24.9. The lowest BCUT2D eigenvalue weighted by Crippen LogP contribution is -2.50. The van der Waals surface area contributed by atoms with Crippen LogP contribution in [0.1, 0.15) is 0 Å². The van der Waals surface area contributed by atoms with Gasteiger partial charge in [-0.3, -0.25) is 9.68 Å². The molecule has 27 heavy (non-hydrogen) atoms. The maximum Gasteiger partial charge on any atom is 0.530 e. The van der Waals surface area contributed by atoms with E-state index in [9.17, 15) is 9.59 Å². The molecule has 2 N–H and O–H groups in total. The molecule has 0 saturated carbocycles. The molecule has 0 aromatic heterocycles. The molecule has 13 nitrogen and oxygen atoms in total. The Hall–Kier alpha value is -1.31. The van der Waals surface area contributed by atoms with Gasteiger partial charge < -0.3 is 33.0 Å². The molecule has 0 aliphatic carbocycles. The van der Waals surface area contributed by atoms with Crippen molar-refractivity contribution in [2.45, 2.75) is 12.0 Å². The predicted molar refractivity (Wildman–Crippen MR) is 96.9 cm³/mol. The molecule has 0 aliphatic heterocycles. The number of hydroxylamine groups is 4. The maximum atomic E-state index is 10.4. The zero-order chi connectivity index (χ0) is 21.6. The van der Waals surface area contributed by atoms with Crippen molar-refractivity contribution in [1.29, 1.82) is 0 Å². The van der Waals surface area contributed by atoms with Gasteiger partial charge in [0.2, 0.25) is 0 Å². The van der Waals surface area contributed by atoms with Gasteiger partial charge in [0, 0.05) is 59.9 Å². The molecule has 0 rings (SSSR count). The lowest BCUT2D eigenvalue weighted by Gasteiger charge is -2.25. The molecule has 1 unspecified atom stereocenters. The van der Waals surface area contributed by atoms with Gasteiger partial charge in [0.25, 0.3) is 0 Å². The topological polar surface area (TPSA) is 146 Å². The van der Waals surface area contributed by atoms with Crippen molar-refractivity contribution in [2.24, 2.45) is 0 Å². The first-order valence-corrected chi connectivity index (χ1v) is 10.6. The SMILES string of the molecule is COC(OC)C([SiH3])ON(C)C(=O)O.CO[Si](CON(C)C(=O)O)(OC)OC. The van der Waals surface area contributed by atoms with Gasteiger partial charge in [-0.25, -0.2) is 9.59 Å². The molecule has 0 bridgehead atoms. The fourth-order valence-electron chi connectivity index (χ4n) is 1.48. The van der Waals surface area contributed by atoms with Crippen LogP contribution in [0.5, 0.6) is 0 Å². The standard InChI is InChI=1S/C6H15NO6Si.C6H15NO5Si/c1-7(6(8)9)13-5-14(10-2,11-3)12-4;1-7(6(8)9)12-5(13)4(10-2)11-3/h5H2,1-4H3,(H,8,9);4-5H,1-3,13H3,(H,8,9). The molecule has 0 spiro atoms. The summed E-state index contributed by atoms with van der Waals surface area (Å²) in [4.78, 5) is 30.6. The van der Waals surface area contributed by atoms with Gasteiger partial charge in [0.1, 0.15) is 12.0 Å². The smallest absolute Gasteiger partial charge is 0.463 e. The summed E-state index contributed by atoms with van der Waals surface area (Å²) >= 11 is 0. The Morgan fingerprint density at radius 3 is 1.63 bits per heavy atom. The number of hydrogen-bond acceptors (Lipinski definition) is 9. The minimum atomic E-state index is -2.85. The van der Waals surface area contributed by atoms with Crippen LogP contribution in [0.2, 0.25) is 0 Å². The third-order valence-corrected chi connectivity index (χ3v) is 6.18. The second-order valence-electron chi connectivity index (χ2n) is 4.78. The van der Waals surface area contributed by atoms with Crippen molar-refractivity contribution in [3.05, 3.63) is 0 Å². The van der Waals surface area contributed by atoms with E-state index in [0.717, 1.165) is 5.06 Å². The number of ether oxygens (including phenoxy) is 2. The molecule has 0 heterocycles. The van der Waals surface area contributed by atoms with Crippen molar-refractivity contribution in [1.82, 2.24) is 10.1 Å². The summed E-state index contributed by atoms with van der Waals surface area (Å²) in [5, 5.41) is 18.4. The van der Waals surface area contributed by atoms with Crippen molar-refractivity contribution >= 4 is 31.2 Å². The van der Waals surface area contributed by atoms with E-state index < -0.39 is 27.3 Å². The molecule has 0 aliphatic rings. The van der Waals surface area contributed by atoms with Crippen molar-refractivity contribution in [2.75, 3.05) is 55.9 Å². The van der Waals surface area contributed by atoms with E-state index in [-0.39, 0.29) is 12.0 Å². The minimum absolute atomic E-state index is 0.0562. The summed E-state index contributed by atoms with van der Waals surface area (Å²) in [6, 6.07) is 0. The molecule has 0 fully saturated rings. The highest BCUT2D eigenvalue weighted by molar-refractivity contribution is 6.60. The van der Waals surface area contributed by atoms with Crippen LogP contribution in [-0.4, -0.2) is 119 Å². The van der Waals surface area contributed by atoms with Gasteiger partial charge in [-0.1, -0.05) is 0 Å². The zero-order valence-corrected chi connectivity index (χ0v) is 19.8. The number of rotatable bonds is 11. The highest BCUT2D eigenvalue weighted by atomic mass is 28.4. The van der Waals surface area contributed by atoms with Gasteiger partial charge >= 0.3 is 21.0 Å².